The first-order valence-electron chi connectivity index (χ1n) is 7.11. The zero-order valence-corrected chi connectivity index (χ0v) is 14.5. The summed E-state index contributed by atoms with van der Waals surface area (Å²) in [4.78, 5) is 47.0. The Morgan fingerprint density at radius 3 is 2.40 bits per heavy atom. The second kappa shape index (κ2) is 6.50. The van der Waals surface area contributed by atoms with E-state index in [9.17, 15) is 27.6 Å². The zero-order valence-electron chi connectivity index (χ0n) is 13.7. The van der Waals surface area contributed by atoms with Gasteiger partial charge in [0.25, 0.3) is 0 Å². The number of carbonyl (C=O) groups is 4. The molecule has 0 aromatic rings. The highest BCUT2D eigenvalue weighted by Crippen LogP contribution is 2.46. The first-order valence-corrected chi connectivity index (χ1v) is 8.66. The Morgan fingerprint density at radius 2 is 1.88 bits per heavy atom. The van der Waals surface area contributed by atoms with Gasteiger partial charge in [-0.3, -0.25) is 9.59 Å². The summed E-state index contributed by atoms with van der Waals surface area (Å²) in [6, 6.07) is -1.52. The van der Waals surface area contributed by atoms with E-state index in [-0.39, 0.29) is 6.42 Å². The van der Waals surface area contributed by atoms with Gasteiger partial charge in [-0.1, -0.05) is 0 Å². The van der Waals surface area contributed by atoms with Crippen molar-refractivity contribution in [2.24, 2.45) is 0 Å². The summed E-state index contributed by atoms with van der Waals surface area (Å²) < 4.78 is 41.6. The van der Waals surface area contributed by atoms with Crippen LogP contribution in [-0.4, -0.2) is 74.0 Å². The number of sulfone groups is 1. The van der Waals surface area contributed by atoms with E-state index in [2.05, 4.69) is 9.47 Å². The lowest BCUT2D eigenvalue weighted by atomic mass is 9.97. The van der Waals surface area contributed by atoms with Crippen molar-refractivity contribution in [3.8, 4) is 0 Å². The summed E-state index contributed by atoms with van der Waals surface area (Å²) in [7, 11) is -2.95. The number of nitrogens with zero attached hydrogens (tertiary/aromatic N) is 1. The molecule has 2 aliphatic heterocycles. The molecular weight excluding hydrogens is 362 g/mol. The van der Waals surface area contributed by atoms with Crippen LogP contribution in [-0.2, 0) is 43.2 Å². The standard InChI is InChI=1S/C13H17NO10S/c1-7(15)22-5-13(2)10(11(17)23-6-24-12(18)21-3)14-8(16)4-9(14)25(13,19)20/h9-10H,4-6H2,1-3H3/t9-,10+,13+/m1/s1. The van der Waals surface area contributed by atoms with Crippen LogP contribution < -0.4 is 0 Å². The van der Waals surface area contributed by atoms with Crippen LogP contribution in [0, 0.1) is 0 Å². The van der Waals surface area contributed by atoms with E-state index in [0.717, 1.165) is 18.9 Å². The quantitative estimate of drug-likeness (QED) is 0.251. The van der Waals surface area contributed by atoms with Gasteiger partial charge >= 0.3 is 18.1 Å². The Kier molecular flexibility index (Phi) is 4.93. The number of methoxy groups -OCH3 is 1. The summed E-state index contributed by atoms with van der Waals surface area (Å²) in [6.07, 6.45) is -1.37. The lowest BCUT2D eigenvalue weighted by Gasteiger charge is -2.36. The van der Waals surface area contributed by atoms with E-state index < -0.39 is 63.4 Å². The molecule has 11 nitrogen and oxygen atoms in total. The third-order valence-electron chi connectivity index (χ3n) is 4.14. The second-order valence-electron chi connectivity index (χ2n) is 5.68. The Bertz CT molecular complexity index is 716. The van der Waals surface area contributed by atoms with Crippen molar-refractivity contribution in [2.45, 2.75) is 36.4 Å². The molecule has 1 amide bonds. The number of ether oxygens (including phenoxy) is 4. The van der Waals surface area contributed by atoms with Crippen LogP contribution in [0.5, 0.6) is 0 Å². The van der Waals surface area contributed by atoms with Crippen LogP contribution in [0.15, 0.2) is 0 Å². The third kappa shape index (κ3) is 3.01. The van der Waals surface area contributed by atoms with Gasteiger partial charge in [0.2, 0.25) is 12.7 Å². The van der Waals surface area contributed by atoms with Gasteiger partial charge in [0, 0.05) is 6.92 Å². The maximum absolute atomic E-state index is 12.7. The summed E-state index contributed by atoms with van der Waals surface area (Å²) >= 11 is 0. The van der Waals surface area contributed by atoms with Gasteiger partial charge < -0.3 is 23.8 Å². The molecule has 2 aliphatic rings. The number of rotatable bonds is 5. The molecule has 0 bridgehead atoms. The average Bonchev–Trinajstić information content (AvgIpc) is 2.67. The fraction of sp³-hybridized carbons (Fsp3) is 0.692. The van der Waals surface area contributed by atoms with E-state index in [1.54, 1.807) is 0 Å². The minimum absolute atomic E-state index is 0.263. The van der Waals surface area contributed by atoms with Crippen LogP contribution in [0.25, 0.3) is 0 Å². The highest BCUT2D eigenvalue weighted by Gasteiger charge is 2.70. The maximum Gasteiger partial charge on any atom is 0.510 e. The monoisotopic (exact) mass is 379 g/mol. The number of fused-ring (bicyclic) bond motifs is 1. The van der Waals surface area contributed by atoms with Crippen molar-refractivity contribution in [1.29, 1.82) is 0 Å². The van der Waals surface area contributed by atoms with Crippen LogP contribution in [0.2, 0.25) is 0 Å². The van der Waals surface area contributed by atoms with Crippen LogP contribution in [0.1, 0.15) is 20.3 Å². The lowest BCUT2D eigenvalue weighted by Crippen LogP contribution is -2.58. The molecule has 0 saturated carbocycles. The van der Waals surface area contributed by atoms with E-state index in [4.69, 9.17) is 9.47 Å². The van der Waals surface area contributed by atoms with Gasteiger partial charge in [-0.2, -0.15) is 0 Å². The van der Waals surface area contributed by atoms with Crippen molar-refractivity contribution in [3.63, 3.8) is 0 Å². The maximum atomic E-state index is 12.7. The fourth-order valence-electron chi connectivity index (χ4n) is 2.77. The number of amides is 1. The Morgan fingerprint density at radius 1 is 1.24 bits per heavy atom. The van der Waals surface area contributed by atoms with Crippen molar-refractivity contribution >= 4 is 33.8 Å². The second-order valence-corrected chi connectivity index (χ2v) is 8.25. The summed E-state index contributed by atoms with van der Waals surface area (Å²) in [5, 5.41) is -1.18. The zero-order chi connectivity index (χ0) is 19.0. The molecule has 0 aromatic carbocycles. The van der Waals surface area contributed by atoms with E-state index in [1.165, 1.54) is 6.92 Å². The van der Waals surface area contributed by atoms with Gasteiger partial charge in [-0.25, -0.2) is 18.0 Å². The lowest BCUT2D eigenvalue weighted by molar-refractivity contribution is -0.169. The smallest absolute Gasteiger partial charge is 0.464 e. The molecular formula is C13H17NO10S. The number of hydrogen-bond donors (Lipinski definition) is 0. The first-order chi connectivity index (χ1) is 11.6. The Balaban J connectivity index is 2.24. The van der Waals surface area contributed by atoms with Crippen LogP contribution >= 0.6 is 0 Å². The van der Waals surface area contributed by atoms with E-state index in [1.807, 2.05) is 0 Å². The minimum atomic E-state index is -4.00. The molecule has 2 saturated heterocycles. The number of esters is 2. The predicted octanol–water partition coefficient (Wildman–Crippen LogP) is -1.05. The predicted molar refractivity (Wildman–Crippen MR) is 77.4 cm³/mol. The number of hydrogen-bond acceptors (Lipinski definition) is 10. The molecule has 2 heterocycles. The molecule has 0 aliphatic carbocycles. The van der Waals surface area contributed by atoms with Gasteiger partial charge in [0.05, 0.1) is 13.5 Å². The van der Waals surface area contributed by atoms with Crippen molar-refractivity contribution in [3.05, 3.63) is 0 Å². The molecule has 0 aromatic heterocycles. The molecule has 140 valence electrons. The molecule has 0 N–H and O–H groups in total. The third-order valence-corrected chi connectivity index (χ3v) is 6.89. The molecule has 2 rings (SSSR count). The Hall–Kier alpha value is -2.37. The topological polar surface area (TPSA) is 143 Å². The molecule has 25 heavy (non-hydrogen) atoms. The van der Waals surface area contributed by atoms with Crippen molar-refractivity contribution in [2.75, 3.05) is 20.5 Å². The summed E-state index contributed by atoms with van der Waals surface area (Å²) in [6.45, 7) is 0.841. The first kappa shape index (κ1) is 19.0. The molecule has 0 radical (unpaired) electrons. The normalized spacial score (nSPS) is 29.2. The highest BCUT2D eigenvalue weighted by atomic mass is 32.2. The number of β-lactam (4-membered cyclic amide) rings is 1. The van der Waals surface area contributed by atoms with E-state index >= 15 is 0 Å². The van der Waals surface area contributed by atoms with Crippen LogP contribution in [0.3, 0.4) is 0 Å². The molecule has 0 spiro atoms. The van der Waals surface area contributed by atoms with Gasteiger partial charge in [-0.15, -0.1) is 0 Å². The average molecular weight is 379 g/mol. The minimum Gasteiger partial charge on any atom is -0.464 e. The number of carbonyl (C=O) groups excluding carboxylic acids is 4. The molecule has 2 fully saturated rings. The molecule has 0 unspecified atom stereocenters. The van der Waals surface area contributed by atoms with Crippen molar-refractivity contribution < 1.29 is 46.5 Å². The van der Waals surface area contributed by atoms with Crippen LogP contribution in [0.4, 0.5) is 4.79 Å². The molecule has 3 atom stereocenters. The highest BCUT2D eigenvalue weighted by molar-refractivity contribution is 7.94. The summed E-state index contributed by atoms with van der Waals surface area (Å²) in [5.74, 6) is -2.38. The SMILES string of the molecule is COC(=O)OCOC(=O)[C@@H]1N2C(=O)C[C@H]2S(=O)(=O)[C@@]1(C)COC(C)=O. The fourth-order valence-corrected chi connectivity index (χ4v) is 5.04. The van der Waals surface area contributed by atoms with Gasteiger partial charge in [-0.05, 0) is 6.92 Å². The Labute approximate surface area is 143 Å². The van der Waals surface area contributed by atoms with Gasteiger partial charge in [0.15, 0.2) is 15.9 Å². The summed E-state index contributed by atoms with van der Waals surface area (Å²) in [5.41, 5.74) is 0. The van der Waals surface area contributed by atoms with E-state index in [0.29, 0.717) is 0 Å². The largest absolute Gasteiger partial charge is 0.510 e. The van der Waals surface area contributed by atoms with Gasteiger partial charge in [0.1, 0.15) is 16.7 Å². The molecule has 12 heteroatoms. The van der Waals surface area contributed by atoms with Crippen molar-refractivity contribution in [1.82, 2.24) is 4.90 Å².